The van der Waals surface area contributed by atoms with Crippen molar-refractivity contribution < 1.29 is 19.1 Å². The van der Waals surface area contributed by atoms with Crippen molar-refractivity contribution in [2.45, 2.75) is 19.6 Å². The van der Waals surface area contributed by atoms with Crippen LogP contribution in [0.15, 0.2) is 24.3 Å². The van der Waals surface area contributed by atoms with Gasteiger partial charge >= 0.3 is 0 Å². The van der Waals surface area contributed by atoms with Crippen molar-refractivity contribution in [3.05, 3.63) is 35.4 Å². The number of benzene rings is 1. The minimum Gasteiger partial charge on any atom is -0.384 e. The quantitative estimate of drug-likeness (QED) is 0.335. The molecule has 0 bridgehead atoms. The standard InChI is InChI=1S/C18H27NO4SSi/c1-25(2,3)14-23-11-13-24-12-10-22-9-8-19-17(20)15-6-4-5-7-16(15)18(19)21/h4-7H,8-14H2,1-3H3. The first kappa shape index (κ1) is 20.2. The third-order valence-electron chi connectivity index (χ3n) is 3.62. The molecule has 0 aliphatic carbocycles. The van der Waals surface area contributed by atoms with Gasteiger partial charge in [0, 0.05) is 17.7 Å². The van der Waals surface area contributed by atoms with Crippen LogP contribution in [-0.2, 0) is 9.47 Å². The van der Waals surface area contributed by atoms with Crippen LogP contribution < -0.4 is 0 Å². The lowest BCUT2D eigenvalue weighted by atomic mass is 10.1. The summed E-state index contributed by atoms with van der Waals surface area (Å²) >= 11 is 1.80. The molecule has 1 aliphatic rings. The first-order valence-corrected chi connectivity index (χ1v) is 13.4. The Morgan fingerprint density at radius 1 is 0.920 bits per heavy atom. The normalized spacial score (nSPS) is 14.3. The second kappa shape index (κ2) is 9.52. The van der Waals surface area contributed by atoms with Gasteiger partial charge in [0.15, 0.2) is 0 Å². The van der Waals surface area contributed by atoms with Crippen LogP contribution in [0.5, 0.6) is 0 Å². The molecule has 1 heterocycles. The molecule has 0 atom stereocenters. The molecule has 0 aromatic heterocycles. The van der Waals surface area contributed by atoms with Gasteiger partial charge in [-0.1, -0.05) is 31.8 Å². The maximum absolute atomic E-state index is 12.2. The summed E-state index contributed by atoms with van der Waals surface area (Å²) in [5.41, 5.74) is 0.975. The smallest absolute Gasteiger partial charge is 0.261 e. The zero-order valence-corrected chi connectivity index (χ0v) is 17.1. The molecule has 0 N–H and O–H groups in total. The number of amides is 2. The lowest BCUT2D eigenvalue weighted by molar-refractivity contribution is 0.0576. The van der Waals surface area contributed by atoms with E-state index in [1.165, 1.54) is 4.90 Å². The van der Waals surface area contributed by atoms with Crippen LogP contribution >= 0.6 is 11.8 Å². The summed E-state index contributed by atoms with van der Waals surface area (Å²) in [7, 11) is -1.11. The summed E-state index contributed by atoms with van der Waals surface area (Å²) in [5.74, 6) is 1.40. The van der Waals surface area contributed by atoms with Crippen LogP contribution in [0.25, 0.3) is 0 Å². The van der Waals surface area contributed by atoms with E-state index in [-0.39, 0.29) is 11.8 Å². The lowest BCUT2D eigenvalue weighted by Gasteiger charge is -2.15. The number of fused-ring (bicyclic) bond motifs is 1. The second-order valence-electron chi connectivity index (χ2n) is 7.15. The molecular formula is C18H27NO4SSi. The summed E-state index contributed by atoms with van der Waals surface area (Å²) in [6, 6.07) is 6.93. The molecule has 2 rings (SSSR count). The molecule has 0 saturated heterocycles. The molecule has 7 heteroatoms. The zero-order chi connectivity index (χ0) is 18.3. The minimum absolute atomic E-state index is 0.224. The number of imide groups is 1. The minimum atomic E-state index is -1.11. The summed E-state index contributed by atoms with van der Waals surface area (Å²) in [6.07, 6.45) is 0.907. The Balaban J connectivity index is 1.53. The Morgan fingerprint density at radius 3 is 2.04 bits per heavy atom. The third-order valence-corrected chi connectivity index (χ3v) is 5.60. The number of thioether (sulfide) groups is 1. The first-order valence-electron chi connectivity index (χ1n) is 8.58. The largest absolute Gasteiger partial charge is 0.384 e. The Bertz CT molecular complexity index is 568. The van der Waals surface area contributed by atoms with Crippen LogP contribution in [0.3, 0.4) is 0 Å². The van der Waals surface area contributed by atoms with Crippen LogP contribution in [-0.4, -0.2) is 68.9 Å². The van der Waals surface area contributed by atoms with Gasteiger partial charge in [-0.2, -0.15) is 11.8 Å². The Kier molecular flexibility index (Phi) is 7.68. The molecule has 5 nitrogen and oxygen atoms in total. The summed E-state index contributed by atoms with van der Waals surface area (Å²) < 4.78 is 11.2. The summed E-state index contributed by atoms with van der Waals surface area (Å²) in [6.45, 7) is 8.95. The van der Waals surface area contributed by atoms with E-state index in [2.05, 4.69) is 19.6 Å². The van der Waals surface area contributed by atoms with E-state index in [0.29, 0.717) is 30.9 Å². The van der Waals surface area contributed by atoms with E-state index in [1.54, 1.807) is 36.0 Å². The summed E-state index contributed by atoms with van der Waals surface area (Å²) in [5, 5.41) is 0. The van der Waals surface area contributed by atoms with E-state index in [4.69, 9.17) is 9.47 Å². The highest BCUT2D eigenvalue weighted by Gasteiger charge is 2.34. The number of ether oxygens (including phenoxy) is 2. The van der Waals surface area contributed by atoms with Gasteiger partial charge < -0.3 is 9.47 Å². The van der Waals surface area contributed by atoms with E-state index >= 15 is 0 Å². The fourth-order valence-electron chi connectivity index (χ4n) is 2.42. The maximum Gasteiger partial charge on any atom is 0.261 e. The number of nitrogens with zero attached hydrogens (tertiary/aromatic N) is 1. The van der Waals surface area contributed by atoms with Gasteiger partial charge in [0.2, 0.25) is 0 Å². The van der Waals surface area contributed by atoms with Gasteiger partial charge in [-0.3, -0.25) is 14.5 Å². The number of hydrogen-bond donors (Lipinski definition) is 0. The van der Waals surface area contributed by atoms with Gasteiger partial charge in [0.25, 0.3) is 11.8 Å². The van der Waals surface area contributed by atoms with Crippen LogP contribution in [0.2, 0.25) is 19.6 Å². The highest BCUT2D eigenvalue weighted by molar-refractivity contribution is 7.99. The molecule has 0 saturated carbocycles. The molecule has 2 amide bonds. The van der Waals surface area contributed by atoms with Crippen LogP contribution in [0.4, 0.5) is 0 Å². The van der Waals surface area contributed by atoms with E-state index in [9.17, 15) is 9.59 Å². The number of hydrogen-bond acceptors (Lipinski definition) is 5. The molecule has 0 unspecified atom stereocenters. The summed E-state index contributed by atoms with van der Waals surface area (Å²) in [4.78, 5) is 25.6. The molecule has 0 radical (unpaired) electrons. The van der Waals surface area contributed by atoms with Crippen molar-refractivity contribution in [3.63, 3.8) is 0 Å². The van der Waals surface area contributed by atoms with E-state index in [1.807, 2.05) is 0 Å². The third kappa shape index (κ3) is 6.25. The number of carbonyl (C=O) groups is 2. The molecule has 138 valence electrons. The molecule has 1 aliphatic heterocycles. The van der Waals surface area contributed by atoms with E-state index in [0.717, 1.165) is 24.3 Å². The average Bonchev–Trinajstić information content (AvgIpc) is 2.80. The first-order chi connectivity index (χ1) is 11.9. The Labute approximate surface area is 155 Å². The van der Waals surface area contributed by atoms with Crippen molar-refractivity contribution in [2.24, 2.45) is 0 Å². The Morgan fingerprint density at radius 2 is 1.48 bits per heavy atom. The predicted molar refractivity (Wildman–Crippen MR) is 104 cm³/mol. The zero-order valence-electron chi connectivity index (χ0n) is 15.2. The van der Waals surface area contributed by atoms with Gasteiger partial charge in [0.05, 0.1) is 45.6 Å². The lowest BCUT2D eigenvalue weighted by Crippen LogP contribution is -2.33. The fraction of sp³-hybridized carbons (Fsp3) is 0.556. The van der Waals surface area contributed by atoms with Crippen LogP contribution in [0.1, 0.15) is 20.7 Å². The molecular weight excluding hydrogens is 354 g/mol. The SMILES string of the molecule is C[Si](C)(C)COCCSCCOCCN1C(=O)c2ccccc2C1=O. The average molecular weight is 382 g/mol. The molecule has 1 aromatic rings. The van der Waals surface area contributed by atoms with Crippen molar-refractivity contribution >= 4 is 31.7 Å². The van der Waals surface area contributed by atoms with Crippen molar-refractivity contribution in [3.8, 4) is 0 Å². The molecule has 1 aromatic carbocycles. The molecule has 0 fully saturated rings. The molecule has 0 spiro atoms. The highest BCUT2D eigenvalue weighted by Crippen LogP contribution is 2.21. The number of rotatable bonds is 11. The topological polar surface area (TPSA) is 55.8 Å². The second-order valence-corrected chi connectivity index (χ2v) is 13.8. The number of carbonyl (C=O) groups excluding carboxylic acids is 2. The van der Waals surface area contributed by atoms with Gasteiger partial charge in [-0.05, 0) is 12.1 Å². The maximum atomic E-state index is 12.2. The van der Waals surface area contributed by atoms with E-state index < -0.39 is 8.07 Å². The molecule has 25 heavy (non-hydrogen) atoms. The fourth-order valence-corrected chi connectivity index (χ4v) is 3.85. The van der Waals surface area contributed by atoms with Crippen LogP contribution in [0, 0.1) is 0 Å². The van der Waals surface area contributed by atoms with Gasteiger partial charge in [0.1, 0.15) is 0 Å². The van der Waals surface area contributed by atoms with Crippen molar-refractivity contribution in [2.75, 3.05) is 44.1 Å². The van der Waals surface area contributed by atoms with Crippen molar-refractivity contribution in [1.29, 1.82) is 0 Å². The van der Waals surface area contributed by atoms with Crippen molar-refractivity contribution in [1.82, 2.24) is 4.90 Å². The Hall–Kier alpha value is -1.15. The van der Waals surface area contributed by atoms with Gasteiger partial charge in [-0.25, -0.2) is 0 Å². The monoisotopic (exact) mass is 381 g/mol. The predicted octanol–water partition coefficient (Wildman–Crippen LogP) is 2.93. The highest BCUT2D eigenvalue weighted by atomic mass is 32.2. The van der Waals surface area contributed by atoms with Gasteiger partial charge in [-0.15, -0.1) is 0 Å².